The highest BCUT2D eigenvalue weighted by atomic mass is 35.5. The Labute approximate surface area is 110 Å². The SMILES string of the molecule is Fc1cc(Cl)cnc1-c1ccccc1OC(F)(F)F. The zero-order valence-corrected chi connectivity index (χ0v) is 9.97. The highest BCUT2D eigenvalue weighted by Crippen LogP contribution is 2.34. The highest BCUT2D eigenvalue weighted by molar-refractivity contribution is 6.30. The fraction of sp³-hybridized carbons (Fsp3) is 0.0833. The maximum atomic E-state index is 13.7. The van der Waals surface area contributed by atoms with Crippen LogP contribution in [0.15, 0.2) is 36.5 Å². The molecule has 1 aromatic carbocycles. The lowest BCUT2D eigenvalue weighted by Crippen LogP contribution is -2.17. The second-order valence-electron chi connectivity index (χ2n) is 3.53. The average molecular weight is 292 g/mol. The molecule has 0 saturated carbocycles. The van der Waals surface area contributed by atoms with Crippen molar-refractivity contribution in [2.24, 2.45) is 0 Å². The van der Waals surface area contributed by atoms with Gasteiger partial charge in [0.1, 0.15) is 11.4 Å². The molecule has 0 atom stereocenters. The third-order valence-electron chi connectivity index (χ3n) is 2.18. The second kappa shape index (κ2) is 5.05. The molecule has 0 aliphatic rings. The number of benzene rings is 1. The van der Waals surface area contributed by atoms with Crippen LogP contribution >= 0.6 is 11.6 Å². The molecular formula is C12H6ClF4NO. The van der Waals surface area contributed by atoms with Crippen LogP contribution in [0.1, 0.15) is 0 Å². The molecule has 0 N–H and O–H groups in total. The number of halogens is 5. The van der Waals surface area contributed by atoms with Gasteiger partial charge in [0.2, 0.25) is 0 Å². The number of hydrogen-bond donors (Lipinski definition) is 0. The van der Waals surface area contributed by atoms with Gasteiger partial charge in [-0.15, -0.1) is 13.2 Å². The molecule has 0 unspecified atom stereocenters. The number of pyridine rings is 1. The average Bonchev–Trinajstić information content (AvgIpc) is 2.28. The van der Waals surface area contributed by atoms with E-state index in [0.717, 1.165) is 18.3 Å². The monoisotopic (exact) mass is 291 g/mol. The molecule has 0 aliphatic carbocycles. The van der Waals surface area contributed by atoms with E-state index in [1.807, 2.05) is 0 Å². The second-order valence-corrected chi connectivity index (χ2v) is 3.96. The summed E-state index contributed by atoms with van der Waals surface area (Å²) in [6.07, 6.45) is -3.72. The predicted molar refractivity (Wildman–Crippen MR) is 61.3 cm³/mol. The van der Waals surface area contributed by atoms with Crippen molar-refractivity contribution in [1.82, 2.24) is 4.98 Å². The topological polar surface area (TPSA) is 22.1 Å². The van der Waals surface area contributed by atoms with Crippen molar-refractivity contribution in [1.29, 1.82) is 0 Å². The molecule has 100 valence electrons. The molecule has 0 bridgehead atoms. The van der Waals surface area contributed by atoms with E-state index in [1.165, 1.54) is 18.2 Å². The Hall–Kier alpha value is -1.82. The number of alkyl halides is 3. The quantitative estimate of drug-likeness (QED) is 0.763. The van der Waals surface area contributed by atoms with Crippen LogP contribution in [0.5, 0.6) is 5.75 Å². The lowest BCUT2D eigenvalue weighted by Gasteiger charge is -2.13. The van der Waals surface area contributed by atoms with Crippen LogP contribution in [0.2, 0.25) is 5.02 Å². The largest absolute Gasteiger partial charge is 0.573 e. The van der Waals surface area contributed by atoms with E-state index in [2.05, 4.69) is 9.72 Å². The van der Waals surface area contributed by atoms with Gasteiger partial charge in [-0.25, -0.2) is 4.39 Å². The molecule has 0 amide bonds. The van der Waals surface area contributed by atoms with Gasteiger partial charge in [-0.05, 0) is 18.2 Å². The summed E-state index contributed by atoms with van der Waals surface area (Å²) in [5, 5.41) is 0.0514. The van der Waals surface area contributed by atoms with Gasteiger partial charge < -0.3 is 4.74 Å². The highest BCUT2D eigenvalue weighted by Gasteiger charge is 2.32. The van der Waals surface area contributed by atoms with Crippen molar-refractivity contribution in [3.8, 4) is 17.0 Å². The predicted octanol–water partition coefficient (Wildman–Crippen LogP) is 4.44. The van der Waals surface area contributed by atoms with Gasteiger partial charge >= 0.3 is 6.36 Å². The van der Waals surface area contributed by atoms with Crippen LogP contribution in [-0.4, -0.2) is 11.3 Å². The van der Waals surface area contributed by atoms with E-state index in [9.17, 15) is 17.6 Å². The Morgan fingerprint density at radius 3 is 2.47 bits per heavy atom. The summed E-state index contributed by atoms with van der Waals surface area (Å²) in [6.45, 7) is 0. The maximum absolute atomic E-state index is 13.7. The minimum absolute atomic E-state index is 0.0514. The Bertz CT molecular complexity index is 601. The van der Waals surface area contributed by atoms with E-state index in [0.29, 0.717) is 0 Å². The molecule has 0 aliphatic heterocycles. The van der Waals surface area contributed by atoms with Gasteiger partial charge in [0.25, 0.3) is 0 Å². The molecule has 1 heterocycles. The van der Waals surface area contributed by atoms with Crippen LogP contribution in [-0.2, 0) is 0 Å². The first-order valence-corrected chi connectivity index (χ1v) is 5.41. The number of para-hydroxylation sites is 1. The van der Waals surface area contributed by atoms with Crippen LogP contribution in [0, 0.1) is 5.82 Å². The standard InChI is InChI=1S/C12H6ClF4NO/c13-7-5-9(14)11(18-6-7)8-3-1-2-4-10(8)19-12(15,16)17/h1-6H. The van der Waals surface area contributed by atoms with Crippen molar-refractivity contribution in [3.05, 3.63) is 47.4 Å². The van der Waals surface area contributed by atoms with Crippen LogP contribution in [0.25, 0.3) is 11.3 Å². The first kappa shape index (κ1) is 13.6. The van der Waals surface area contributed by atoms with Crippen LogP contribution in [0.4, 0.5) is 17.6 Å². The Morgan fingerprint density at radius 1 is 1.16 bits per heavy atom. The fourth-order valence-corrected chi connectivity index (χ4v) is 1.63. The molecule has 0 fully saturated rings. The van der Waals surface area contributed by atoms with Gasteiger partial charge in [-0.1, -0.05) is 23.7 Å². The first-order valence-electron chi connectivity index (χ1n) is 5.03. The third-order valence-corrected chi connectivity index (χ3v) is 2.38. The summed E-state index contributed by atoms with van der Waals surface area (Å²) in [5.41, 5.74) is -0.363. The molecule has 1 aromatic heterocycles. The zero-order valence-electron chi connectivity index (χ0n) is 9.21. The molecule has 0 saturated heterocycles. The molecule has 2 nitrogen and oxygen atoms in total. The van der Waals surface area contributed by atoms with Crippen molar-refractivity contribution in [2.75, 3.05) is 0 Å². The number of aromatic nitrogens is 1. The van der Waals surface area contributed by atoms with Crippen LogP contribution in [0.3, 0.4) is 0 Å². The van der Waals surface area contributed by atoms with Gasteiger partial charge in [-0.2, -0.15) is 0 Å². The third kappa shape index (κ3) is 3.35. The summed E-state index contributed by atoms with van der Waals surface area (Å²) in [6, 6.07) is 6.12. The lowest BCUT2D eigenvalue weighted by atomic mass is 10.1. The van der Waals surface area contributed by atoms with E-state index in [4.69, 9.17) is 11.6 Å². The smallest absolute Gasteiger partial charge is 0.405 e. The van der Waals surface area contributed by atoms with E-state index >= 15 is 0 Å². The number of ether oxygens (including phenoxy) is 1. The van der Waals surface area contributed by atoms with Gasteiger partial charge in [0.15, 0.2) is 5.82 Å². The molecule has 19 heavy (non-hydrogen) atoms. The molecular weight excluding hydrogens is 286 g/mol. The zero-order chi connectivity index (χ0) is 14.0. The molecule has 7 heteroatoms. The van der Waals surface area contributed by atoms with Gasteiger partial charge in [-0.3, -0.25) is 4.98 Å². The molecule has 0 radical (unpaired) electrons. The molecule has 0 spiro atoms. The normalized spacial score (nSPS) is 11.4. The van der Waals surface area contributed by atoms with Crippen molar-refractivity contribution < 1.29 is 22.3 Å². The summed E-state index contributed by atoms with van der Waals surface area (Å²) >= 11 is 5.54. The minimum atomic E-state index is -4.86. The van der Waals surface area contributed by atoms with Crippen molar-refractivity contribution in [2.45, 2.75) is 6.36 Å². The van der Waals surface area contributed by atoms with Crippen molar-refractivity contribution >= 4 is 11.6 Å². The number of rotatable bonds is 2. The summed E-state index contributed by atoms with van der Waals surface area (Å²) in [4.78, 5) is 3.68. The molecule has 2 aromatic rings. The number of hydrogen-bond acceptors (Lipinski definition) is 2. The van der Waals surface area contributed by atoms with Crippen molar-refractivity contribution in [3.63, 3.8) is 0 Å². The molecule has 2 rings (SSSR count). The van der Waals surface area contributed by atoms with Gasteiger partial charge in [0, 0.05) is 11.8 Å². The first-order chi connectivity index (χ1) is 8.87. The minimum Gasteiger partial charge on any atom is -0.405 e. The van der Waals surface area contributed by atoms with Gasteiger partial charge in [0.05, 0.1) is 5.02 Å². The Balaban J connectivity index is 2.50. The Kier molecular flexibility index (Phi) is 3.61. The lowest BCUT2D eigenvalue weighted by molar-refractivity contribution is -0.274. The summed E-state index contributed by atoms with van der Waals surface area (Å²) < 4.78 is 54.2. The van der Waals surface area contributed by atoms with Crippen LogP contribution < -0.4 is 4.74 Å². The summed E-state index contributed by atoms with van der Waals surface area (Å²) in [7, 11) is 0. The van der Waals surface area contributed by atoms with E-state index < -0.39 is 17.9 Å². The van der Waals surface area contributed by atoms with E-state index in [1.54, 1.807) is 0 Å². The van der Waals surface area contributed by atoms with E-state index in [-0.39, 0.29) is 16.3 Å². The maximum Gasteiger partial charge on any atom is 0.573 e. The number of nitrogens with zero attached hydrogens (tertiary/aromatic N) is 1. The Morgan fingerprint density at radius 2 is 1.84 bits per heavy atom. The fourth-order valence-electron chi connectivity index (χ4n) is 1.49. The summed E-state index contributed by atoms with van der Waals surface area (Å²) in [5.74, 6) is -1.35.